The minimum Gasteiger partial charge on any atom is -0.494 e. The summed E-state index contributed by atoms with van der Waals surface area (Å²) in [7, 11) is 0. The van der Waals surface area contributed by atoms with Crippen molar-refractivity contribution in [3.05, 3.63) is 42.5 Å². The quantitative estimate of drug-likeness (QED) is 0.679. The van der Waals surface area contributed by atoms with Crippen LogP contribution in [0.4, 0.5) is 11.4 Å². The first kappa shape index (κ1) is 19.5. The zero-order valence-electron chi connectivity index (χ0n) is 16.0. The Morgan fingerprint density at radius 3 is 2.57 bits per heavy atom. The van der Waals surface area contributed by atoms with Crippen molar-refractivity contribution < 1.29 is 23.8 Å². The molecule has 0 fully saturated rings. The number of hydrogen-bond donors (Lipinski definition) is 2. The van der Waals surface area contributed by atoms with Crippen molar-refractivity contribution in [2.45, 2.75) is 32.8 Å². The highest BCUT2D eigenvalue weighted by molar-refractivity contribution is 5.99. The number of amides is 2. The Morgan fingerprint density at radius 1 is 1.14 bits per heavy atom. The van der Waals surface area contributed by atoms with Gasteiger partial charge in [0.15, 0.2) is 6.10 Å². The van der Waals surface area contributed by atoms with Crippen LogP contribution in [0, 0.1) is 0 Å². The number of carbonyl (C=O) groups is 2. The van der Waals surface area contributed by atoms with Crippen molar-refractivity contribution >= 4 is 23.2 Å². The normalized spacial score (nSPS) is 15.1. The molecule has 0 aliphatic carbocycles. The van der Waals surface area contributed by atoms with Crippen molar-refractivity contribution in [1.82, 2.24) is 0 Å². The van der Waals surface area contributed by atoms with E-state index in [-0.39, 0.29) is 11.8 Å². The number of fused-ring (bicyclic) bond motifs is 1. The van der Waals surface area contributed by atoms with Gasteiger partial charge in [-0.15, -0.1) is 0 Å². The molecule has 0 bridgehead atoms. The molecule has 3 rings (SSSR count). The first-order chi connectivity index (χ1) is 13.5. The number of benzene rings is 2. The Kier molecular flexibility index (Phi) is 6.37. The molecule has 0 saturated carbocycles. The van der Waals surface area contributed by atoms with E-state index in [1.165, 1.54) is 0 Å². The van der Waals surface area contributed by atoms with Crippen molar-refractivity contribution in [2.75, 3.05) is 23.8 Å². The molecule has 7 heteroatoms. The molecule has 7 nitrogen and oxygen atoms in total. The lowest BCUT2D eigenvalue weighted by Crippen LogP contribution is -2.34. The van der Waals surface area contributed by atoms with Crippen LogP contribution in [0.25, 0.3) is 0 Å². The van der Waals surface area contributed by atoms with Crippen LogP contribution >= 0.6 is 0 Å². The highest BCUT2D eigenvalue weighted by Crippen LogP contribution is 2.32. The summed E-state index contributed by atoms with van der Waals surface area (Å²) < 4.78 is 16.5. The first-order valence-corrected chi connectivity index (χ1v) is 9.32. The van der Waals surface area contributed by atoms with E-state index in [0.29, 0.717) is 43.2 Å². The van der Waals surface area contributed by atoms with Crippen LogP contribution in [0.3, 0.4) is 0 Å². The van der Waals surface area contributed by atoms with Gasteiger partial charge in [-0.25, -0.2) is 0 Å². The van der Waals surface area contributed by atoms with Gasteiger partial charge in [0.25, 0.3) is 5.91 Å². The maximum absolute atomic E-state index is 12.1. The maximum atomic E-state index is 12.1. The van der Waals surface area contributed by atoms with Gasteiger partial charge in [-0.1, -0.05) is 0 Å². The minimum atomic E-state index is -0.525. The standard InChI is InChI=1S/C21H24N2O5/c1-3-26-16-7-9-17(10-8-16)27-12-4-5-20(24)22-15-6-11-19-18(13-15)23-21(25)14(2)28-19/h6-11,13-14H,3-5,12H2,1-2H3,(H,22,24)(H,23,25)/t14-/m0/s1. The molecule has 0 spiro atoms. The number of nitrogens with one attached hydrogen (secondary N) is 2. The Bertz CT molecular complexity index is 835. The Balaban J connectivity index is 1.42. The number of ether oxygens (including phenoxy) is 3. The predicted molar refractivity (Wildman–Crippen MR) is 106 cm³/mol. The van der Waals surface area contributed by atoms with E-state index in [4.69, 9.17) is 14.2 Å². The van der Waals surface area contributed by atoms with Crippen LogP contribution in [0.2, 0.25) is 0 Å². The molecule has 1 heterocycles. The predicted octanol–water partition coefficient (Wildman–Crippen LogP) is 3.60. The molecule has 0 saturated heterocycles. The first-order valence-electron chi connectivity index (χ1n) is 9.32. The van der Waals surface area contributed by atoms with Gasteiger partial charge >= 0.3 is 0 Å². The molecule has 2 amide bonds. The van der Waals surface area contributed by atoms with Crippen LogP contribution in [0.5, 0.6) is 17.2 Å². The van der Waals surface area contributed by atoms with Gasteiger partial charge in [-0.05, 0) is 62.7 Å². The molecule has 1 atom stereocenters. The second-order valence-corrected chi connectivity index (χ2v) is 6.36. The van der Waals surface area contributed by atoms with E-state index in [2.05, 4.69) is 10.6 Å². The summed E-state index contributed by atoms with van der Waals surface area (Å²) in [4.78, 5) is 23.8. The summed E-state index contributed by atoms with van der Waals surface area (Å²) in [6, 6.07) is 12.6. The smallest absolute Gasteiger partial charge is 0.265 e. The largest absolute Gasteiger partial charge is 0.494 e. The van der Waals surface area contributed by atoms with Gasteiger partial charge in [-0.2, -0.15) is 0 Å². The van der Waals surface area contributed by atoms with E-state index in [1.807, 2.05) is 31.2 Å². The lowest BCUT2D eigenvalue weighted by atomic mass is 10.2. The molecule has 0 aromatic heterocycles. The monoisotopic (exact) mass is 384 g/mol. The number of anilines is 2. The van der Waals surface area contributed by atoms with Gasteiger partial charge in [0.1, 0.15) is 17.2 Å². The van der Waals surface area contributed by atoms with Crippen LogP contribution in [0.15, 0.2) is 42.5 Å². The fourth-order valence-corrected chi connectivity index (χ4v) is 2.73. The van der Waals surface area contributed by atoms with Crippen LogP contribution < -0.4 is 24.8 Å². The summed E-state index contributed by atoms with van der Waals surface area (Å²) in [5.41, 5.74) is 1.16. The van der Waals surface area contributed by atoms with E-state index < -0.39 is 6.10 Å². The highest BCUT2D eigenvalue weighted by Gasteiger charge is 2.23. The molecule has 2 N–H and O–H groups in total. The number of rotatable bonds is 8. The second kappa shape index (κ2) is 9.12. The fourth-order valence-electron chi connectivity index (χ4n) is 2.73. The molecule has 1 aliphatic heterocycles. The minimum absolute atomic E-state index is 0.119. The molecular formula is C21H24N2O5. The average molecular weight is 384 g/mol. The van der Waals surface area contributed by atoms with Gasteiger partial charge in [0.05, 0.1) is 18.9 Å². The van der Waals surface area contributed by atoms with E-state index >= 15 is 0 Å². The topological polar surface area (TPSA) is 85.9 Å². The lowest BCUT2D eigenvalue weighted by Gasteiger charge is -2.23. The number of carbonyl (C=O) groups excluding carboxylic acids is 2. The summed E-state index contributed by atoms with van der Waals surface area (Å²) >= 11 is 0. The molecule has 2 aromatic carbocycles. The fraction of sp³-hybridized carbons (Fsp3) is 0.333. The third-order valence-corrected chi connectivity index (χ3v) is 4.15. The van der Waals surface area contributed by atoms with Crippen molar-refractivity contribution in [3.63, 3.8) is 0 Å². The molecule has 0 unspecified atom stereocenters. The summed E-state index contributed by atoms with van der Waals surface area (Å²) in [6.07, 6.45) is 0.387. The molecule has 2 aromatic rings. The van der Waals surface area contributed by atoms with Crippen LogP contribution in [-0.4, -0.2) is 31.1 Å². The third kappa shape index (κ3) is 5.16. The Morgan fingerprint density at radius 2 is 1.86 bits per heavy atom. The SMILES string of the molecule is CCOc1ccc(OCCCC(=O)Nc2ccc3c(c2)NC(=O)[C@H](C)O3)cc1. The summed E-state index contributed by atoms with van der Waals surface area (Å²) in [6.45, 7) is 4.68. The summed E-state index contributed by atoms with van der Waals surface area (Å²) in [5, 5.41) is 5.58. The molecule has 148 valence electrons. The van der Waals surface area contributed by atoms with Gasteiger partial charge in [0.2, 0.25) is 5.91 Å². The second-order valence-electron chi connectivity index (χ2n) is 6.36. The van der Waals surface area contributed by atoms with Gasteiger partial charge in [-0.3, -0.25) is 9.59 Å². The van der Waals surface area contributed by atoms with Crippen LogP contribution in [-0.2, 0) is 9.59 Å². The molecule has 28 heavy (non-hydrogen) atoms. The van der Waals surface area contributed by atoms with Crippen LogP contribution in [0.1, 0.15) is 26.7 Å². The average Bonchev–Trinajstić information content (AvgIpc) is 2.68. The zero-order chi connectivity index (χ0) is 19.9. The van der Waals surface area contributed by atoms with Gasteiger partial charge < -0.3 is 24.8 Å². The van der Waals surface area contributed by atoms with Crippen molar-refractivity contribution in [2.24, 2.45) is 0 Å². The van der Waals surface area contributed by atoms with E-state index in [1.54, 1.807) is 25.1 Å². The third-order valence-electron chi connectivity index (χ3n) is 4.15. The number of hydrogen-bond acceptors (Lipinski definition) is 5. The lowest BCUT2D eigenvalue weighted by molar-refractivity contribution is -0.122. The maximum Gasteiger partial charge on any atom is 0.265 e. The van der Waals surface area contributed by atoms with Crippen molar-refractivity contribution in [1.29, 1.82) is 0 Å². The summed E-state index contributed by atoms with van der Waals surface area (Å²) in [5.74, 6) is 1.81. The molecular weight excluding hydrogens is 360 g/mol. The Labute approximate surface area is 164 Å². The molecule has 0 radical (unpaired) electrons. The molecule has 1 aliphatic rings. The van der Waals surface area contributed by atoms with E-state index in [9.17, 15) is 9.59 Å². The van der Waals surface area contributed by atoms with E-state index in [0.717, 1.165) is 11.5 Å². The zero-order valence-corrected chi connectivity index (χ0v) is 16.0. The Hall–Kier alpha value is -3.22. The highest BCUT2D eigenvalue weighted by atomic mass is 16.5. The van der Waals surface area contributed by atoms with Gasteiger partial charge in [0, 0.05) is 12.1 Å². The van der Waals surface area contributed by atoms with Crippen molar-refractivity contribution in [3.8, 4) is 17.2 Å².